The predicted octanol–water partition coefficient (Wildman–Crippen LogP) is 3.64. The van der Waals surface area contributed by atoms with Crippen LogP contribution in [0.1, 0.15) is 84.7 Å². The molecule has 3 amide bonds. The third-order valence-electron chi connectivity index (χ3n) is 5.31. The molecule has 9 heteroatoms. The van der Waals surface area contributed by atoms with Gasteiger partial charge in [-0.25, -0.2) is 4.79 Å². The Balaban J connectivity index is 3.28. The molecule has 0 spiro atoms. The van der Waals surface area contributed by atoms with Gasteiger partial charge in [-0.1, -0.05) is 51.7 Å². The lowest BCUT2D eigenvalue weighted by Crippen LogP contribution is -2.54. The van der Waals surface area contributed by atoms with Crippen LogP contribution in [0.3, 0.4) is 0 Å². The zero-order valence-electron chi connectivity index (χ0n) is 21.8. The molecule has 198 valence electrons. The molecular weight excluding hydrogens is 450 g/mol. The number of unbranched alkanes of at least 4 members (excludes halogenated alkanes) is 4. The lowest BCUT2D eigenvalue weighted by molar-refractivity contribution is -0.143. The second-order valence-corrected chi connectivity index (χ2v) is 9.61. The molecule has 1 aromatic rings. The Morgan fingerprint density at radius 2 is 1.60 bits per heavy atom. The van der Waals surface area contributed by atoms with E-state index < -0.39 is 36.3 Å². The van der Waals surface area contributed by atoms with Gasteiger partial charge in [-0.2, -0.15) is 0 Å². The number of benzene rings is 1. The molecule has 2 atom stereocenters. The van der Waals surface area contributed by atoms with E-state index in [0.717, 1.165) is 32.1 Å². The zero-order chi connectivity index (χ0) is 26.4. The van der Waals surface area contributed by atoms with Crippen LogP contribution in [0, 0.1) is 0 Å². The fourth-order valence-electron chi connectivity index (χ4n) is 3.55. The van der Waals surface area contributed by atoms with Crippen LogP contribution in [0.2, 0.25) is 0 Å². The molecule has 0 heterocycles. The van der Waals surface area contributed by atoms with Crippen LogP contribution in [-0.4, -0.2) is 64.4 Å². The molecule has 1 aromatic carbocycles. The van der Waals surface area contributed by atoms with Crippen LogP contribution in [0.4, 0.5) is 4.79 Å². The molecule has 0 aliphatic carbocycles. The van der Waals surface area contributed by atoms with Crippen LogP contribution < -0.4 is 10.6 Å². The normalized spacial score (nSPS) is 13.0. The maximum atomic E-state index is 13.6. The van der Waals surface area contributed by atoms with E-state index in [1.807, 2.05) is 6.92 Å². The minimum absolute atomic E-state index is 0.0412. The Labute approximate surface area is 209 Å². The third-order valence-corrected chi connectivity index (χ3v) is 5.31. The average Bonchev–Trinajstić information content (AvgIpc) is 2.79. The third kappa shape index (κ3) is 11.0. The van der Waals surface area contributed by atoms with Crippen LogP contribution in [-0.2, 0) is 14.3 Å². The van der Waals surface area contributed by atoms with E-state index in [1.165, 1.54) is 17.0 Å². The number of carbonyl (C=O) groups is 3. The summed E-state index contributed by atoms with van der Waals surface area (Å²) >= 11 is 0. The fourth-order valence-corrected chi connectivity index (χ4v) is 3.55. The monoisotopic (exact) mass is 493 g/mol. The molecule has 0 aliphatic rings. The van der Waals surface area contributed by atoms with Crippen molar-refractivity contribution in [3.05, 3.63) is 29.8 Å². The van der Waals surface area contributed by atoms with Gasteiger partial charge in [0.05, 0.1) is 6.61 Å². The lowest BCUT2D eigenvalue weighted by atomic mass is 10.0. The number of carbonyl (C=O) groups excluding carboxylic acids is 3. The van der Waals surface area contributed by atoms with Gasteiger partial charge >= 0.3 is 6.09 Å². The van der Waals surface area contributed by atoms with E-state index in [4.69, 9.17) is 4.74 Å². The number of ether oxygens (including phenoxy) is 1. The minimum Gasteiger partial charge on any atom is -0.508 e. The average molecular weight is 494 g/mol. The summed E-state index contributed by atoms with van der Waals surface area (Å²) in [6.07, 6.45) is 4.35. The molecule has 0 radical (unpaired) electrons. The first-order chi connectivity index (χ1) is 16.5. The summed E-state index contributed by atoms with van der Waals surface area (Å²) in [7, 11) is 0. The van der Waals surface area contributed by atoms with Gasteiger partial charge in [0.1, 0.15) is 23.4 Å². The zero-order valence-corrected chi connectivity index (χ0v) is 21.8. The van der Waals surface area contributed by atoms with Crippen molar-refractivity contribution in [3.8, 4) is 5.75 Å². The molecule has 0 fully saturated rings. The number of hydrogen-bond acceptors (Lipinski definition) is 6. The second-order valence-electron chi connectivity index (χ2n) is 9.61. The highest BCUT2D eigenvalue weighted by atomic mass is 16.6. The lowest BCUT2D eigenvalue weighted by Gasteiger charge is -2.34. The standard InChI is InChI=1S/C26H43N3O6/c1-6-8-10-16-27-23(32)22(19-12-14-20(31)15-13-19)29(17-11-9-7-2)24(33)21(18-30)28-25(34)35-26(3,4)5/h12-15,21-22,30-31H,6-11,16-18H2,1-5H3,(H,27,32)(H,28,34). The number of alkyl carbamates (subject to hydrolysis) is 1. The summed E-state index contributed by atoms with van der Waals surface area (Å²) in [5.74, 6) is -0.901. The van der Waals surface area contributed by atoms with Crippen molar-refractivity contribution >= 4 is 17.9 Å². The van der Waals surface area contributed by atoms with E-state index in [9.17, 15) is 24.6 Å². The van der Waals surface area contributed by atoms with Crippen LogP contribution in [0.15, 0.2) is 24.3 Å². The van der Waals surface area contributed by atoms with Gasteiger partial charge in [0.25, 0.3) is 0 Å². The Morgan fingerprint density at radius 1 is 1.00 bits per heavy atom. The first-order valence-corrected chi connectivity index (χ1v) is 12.5. The van der Waals surface area contributed by atoms with E-state index in [-0.39, 0.29) is 18.2 Å². The van der Waals surface area contributed by atoms with E-state index in [0.29, 0.717) is 18.5 Å². The maximum absolute atomic E-state index is 13.6. The molecule has 4 N–H and O–H groups in total. The van der Waals surface area contributed by atoms with Crippen molar-refractivity contribution in [2.45, 2.75) is 90.8 Å². The summed E-state index contributed by atoms with van der Waals surface area (Å²) in [6.45, 7) is 9.27. The number of aromatic hydroxyl groups is 1. The van der Waals surface area contributed by atoms with Crippen LogP contribution >= 0.6 is 0 Å². The summed E-state index contributed by atoms with van der Waals surface area (Å²) in [4.78, 5) is 40.7. The summed E-state index contributed by atoms with van der Waals surface area (Å²) in [5, 5.41) is 25.0. The van der Waals surface area contributed by atoms with E-state index >= 15 is 0 Å². The van der Waals surface area contributed by atoms with Gasteiger partial charge in [-0.3, -0.25) is 9.59 Å². The molecule has 2 unspecified atom stereocenters. The largest absolute Gasteiger partial charge is 0.508 e. The van der Waals surface area contributed by atoms with Gasteiger partial charge in [0, 0.05) is 13.1 Å². The van der Waals surface area contributed by atoms with Crippen molar-refractivity contribution in [1.82, 2.24) is 15.5 Å². The molecule has 35 heavy (non-hydrogen) atoms. The summed E-state index contributed by atoms with van der Waals surface area (Å²) in [5.41, 5.74) is -0.254. The van der Waals surface area contributed by atoms with Crippen molar-refractivity contribution < 1.29 is 29.3 Å². The molecule has 0 bridgehead atoms. The summed E-state index contributed by atoms with van der Waals surface area (Å²) < 4.78 is 5.24. The van der Waals surface area contributed by atoms with E-state index in [1.54, 1.807) is 32.9 Å². The Hall–Kier alpha value is -2.81. The highest BCUT2D eigenvalue weighted by Gasteiger charge is 2.35. The highest BCUT2D eigenvalue weighted by molar-refractivity contribution is 5.92. The minimum atomic E-state index is -1.28. The number of aliphatic hydroxyl groups is 1. The molecule has 0 aromatic heterocycles. The molecule has 1 rings (SSSR count). The molecule has 0 saturated carbocycles. The van der Waals surface area contributed by atoms with Gasteiger partial charge in [0.15, 0.2) is 0 Å². The predicted molar refractivity (Wildman–Crippen MR) is 135 cm³/mol. The number of hydrogen-bond donors (Lipinski definition) is 4. The van der Waals surface area contributed by atoms with Crippen LogP contribution in [0.25, 0.3) is 0 Å². The Bertz CT molecular complexity index is 791. The van der Waals surface area contributed by atoms with Crippen molar-refractivity contribution in [3.63, 3.8) is 0 Å². The number of phenols is 1. The Kier molecular flexibility index (Phi) is 13.2. The topological polar surface area (TPSA) is 128 Å². The number of nitrogens with zero attached hydrogens (tertiary/aromatic N) is 1. The number of nitrogens with one attached hydrogen (secondary N) is 2. The molecule has 9 nitrogen and oxygen atoms in total. The van der Waals surface area contributed by atoms with Gasteiger partial charge in [-0.15, -0.1) is 0 Å². The Morgan fingerprint density at radius 3 is 2.14 bits per heavy atom. The van der Waals surface area contributed by atoms with Crippen LogP contribution in [0.5, 0.6) is 5.75 Å². The number of amides is 3. The number of aliphatic hydroxyl groups excluding tert-OH is 1. The van der Waals surface area contributed by atoms with Gasteiger partial charge in [0.2, 0.25) is 11.8 Å². The first kappa shape index (κ1) is 30.2. The van der Waals surface area contributed by atoms with E-state index in [2.05, 4.69) is 17.6 Å². The quantitative estimate of drug-likeness (QED) is 0.293. The van der Waals surface area contributed by atoms with Crippen molar-refractivity contribution in [2.24, 2.45) is 0 Å². The van der Waals surface area contributed by atoms with Crippen molar-refractivity contribution in [1.29, 1.82) is 0 Å². The molecule has 0 aliphatic heterocycles. The smallest absolute Gasteiger partial charge is 0.408 e. The fraction of sp³-hybridized carbons (Fsp3) is 0.654. The SMILES string of the molecule is CCCCCNC(=O)C(c1ccc(O)cc1)N(CCCCC)C(=O)C(CO)NC(=O)OC(C)(C)C. The first-order valence-electron chi connectivity index (χ1n) is 12.5. The maximum Gasteiger partial charge on any atom is 0.408 e. The number of rotatable bonds is 14. The van der Waals surface area contributed by atoms with Crippen molar-refractivity contribution in [2.75, 3.05) is 19.7 Å². The van der Waals surface area contributed by atoms with Gasteiger partial charge in [-0.05, 0) is 51.3 Å². The molecular formula is C26H43N3O6. The highest BCUT2D eigenvalue weighted by Crippen LogP contribution is 2.25. The summed E-state index contributed by atoms with van der Waals surface area (Å²) in [6, 6.07) is 3.85. The second kappa shape index (κ2) is 15.2. The number of phenolic OH excluding ortho intramolecular Hbond substituents is 1. The molecule has 0 saturated heterocycles. The van der Waals surface area contributed by atoms with Gasteiger partial charge < -0.3 is 30.5 Å².